The summed E-state index contributed by atoms with van der Waals surface area (Å²) in [5.74, 6) is 1.57. The van der Waals surface area contributed by atoms with Crippen LogP contribution in [0, 0.1) is 0 Å². The number of fused-ring (bicyclic) bond motifs is 1. The van der Waals surface area contributed by atoms with Gasteiger partial charge in [0, 0.05) is 11.1 Å². The number of aromatic nitrogens is 2. The number of hydrogen-bond acceptors (Lipinski definition) is 4. The fourth-order valence-corrected chi connectivity index (χ4v) is 2.11. The Balaban J connectivity index is 1.84. The highest BCUT2D eigenvalue weighted by Gasteiger charge is 2.08. The first-order valence-corrected chi connectivity index (χ1v) is 6.80. The zero-order chi connectivity index (χ0) is 15.5. The number of imidazole rings is 1. The summed E-state index contributed by atoms with van der Waals surface area (Å²) in [5.41, 5.74) is 1.43. The van der Waals surface area contributed by atoms with Crippen molar-refractivity contribution in [1.29, 1.82) is 0 Å². The average Bonchev–Trinajstić information content (AvgIpc) is 2.88. The number of amides is 1. The third kappa shape index (κ3) is 3.12. The molecule has 0 saturated carbocycles. The summed E-state index contributed by atoms with van der Waals surface area (Å²) in [6, 6.07) is 12.5. The van der Waals surface area contributed by atoms with Gasteiger partial charge in [0.05, 0.1) is 18.1 Å². The van der Waals surface area contributed by atoms with Crippen molar-refractivity contribution < 1.29 is 14.3 Å². The van der Waals surface area contributed by atoms with Crippen LogP contribution in [0.4, 0.5) is 10.7 Å². The molecule has 0 aliphatic rings. The molecule has 1 heterocycles. The zero-order valence-corrected chi connectivity index (χ0v) is 12.3. The van der Waals surface area contributed by atoms with Gasteiger partial charge < -0.3 is 14.5 Å². The van der Waals surface area contributed by atoms with Crippen molar-refractivity contribution >= 4 is 34.7 Å². The van der Waals surface area contributed by atoms with Gasteiger partial charge in [-0.2, -0.15) is 0 Å². The van der Waals surface area contributed by atoms with Crippen LogP contribution in [0.2, 0.25) is 5.02 Å². The van der Waals surface area contributed by atoms with Crippen LogP contribution in [0.3, 0.4) is 0 Å². The minimum Gasteiger partial charge on any atom is -0.457 e. The lowest BCUT2D eigenvalue weighted by Crippen LogP contribution is -2.11. The average molecular weight is 318 g/mol. The monoisotopic (exact) mass is 317 g/mol. The highest BCUT2D eigenvalue weighted by atomic mass is 35.5. The molecule has 0 bridgehead atoms. The minimum absolute atomic E-state index is 0.307. The number of nitrogens with one attached hydrogen (secondary N) is 2. The fourth-order valence-electron chi connectivity index (χ4n) is 1.93. The second kappa shape index (κ2) is 5.95. The van der Waals surface area contributed by atoms with E-state index in [0.29, 0.717) is 28.0 Å². The Labute approximate surface area is 131 Å². The molecule has 0 spiro atoms. The van der Waals surface area contributed by atoms with Crippen molar-refractivity contribution in [3.05, 3.63) is 47.5 Å². The van der Waals surface area contributed by atoms with Gasteiger partial charge in [-0.15, -0.1) is 0 Å². The van der Waals surface area contributed by atoms with E-state index in [9.17, 15) is 4.79 Å². The molecule has 6 nitrogen and oxygen atoms in total. The van der Waals surface area contributed by atoms with E-state index in [2.05, 4.69) is 20.0 Å². The number of rotatable bonds is 3. The van der Waals surface area contributed by atoms with Crippen LogP contribution in [0.1, 0.15) is 0 Å². The molecule has 112 valence electrons. The Bertz CT molecular complexity index is 832. The second-order valence-corrected chi connectivity index (χ2v) is 4.88. The minimum atomic E-state index is -0.588. The quantitative estimate of drug-likeness (QED) is 0.759. The van der Waals surface area contributed by atoms with Gasteiger partial charge in [0.25, 0.3) is 0 Å². The van der Waals surface area contributed by atoms with E-state index in [1.165, 1.54) is 7.11 Å². The Kier molecular flexibility index (Phi) is 3.84. The Morgan fingerprint density at radius 1 is 1.23 bits per heavy atom. The molecule has 0 unspecified atom stereocenters. The molecule has 3 aromatic rings. The molecule has 0 saturated heterocycles. The molecule has 0 aliphatic heterocycles. The van der Waals surface area contributed by atoms with Crippen LogP contribution in [0.5, 0.6) is 11.5 Å². The van der Waals surface area contributed by atoms with Crippen molar-refractivity contribution in [2.75, 3.05) is 12.4 Å². The van der Waals surface area contributed by atoms with Crippen LogP contribution in [-0.4, -0.2) is 23.2 Å². The van der Waals surface area contributed by atoms with E-state index in [4.69, 9.17) is 16.3 Å². The van der Waals surface area contributed by atoms with E-state index in [1.54, 1.807) is 30.3 Å². The SMILES string of the molecule is COC(=O)Nc1nc2ccc(Oc3cccc(Cl)c3)cc2[nH]1. The summed E-state index contributed by atoms with van der Waals surface area (Å²) in [6.45, 7) is 0. The predicted octanol–water partition coefficient (Wildman–Crippen LogP) is 4.19. The number of H-pyrrole nitrogens is 1. The van der Waals surface area contributed by atoms with Crippen molar-refractivity contribution in [2.45, 2.75) is 0 Å². The van der Waals surface area contributed by atoms with Gasteiger partial charge in [0.2, 0.25) is 5.95 Å². The van der Waals surface area contributed by atoms with Gasteiger partial charge in [-0.05, 0) is 30.3 Å². The molecule has 3 rings (SSSR count). The van der Waals surface area contributed by atoms with Gasteiger partial charge in [0.1, 0.15) is 11.5 Å². The molecule has 7 heteroatoms. The molecule has 0 aliphatic carbocycles. The summed E-state index contributed by atoms with van der Waals surface area (Å²) in [6.07, 6.45) is -0.588. The van der Waals surface area contributed by atoms with Crippen molar-refractivity contribution in [1.82, 2.24) is 9.97 Å². The van der Waals surface area contributed by atoms with E-state index < -0.39 is 6.09 Å². The number of carbonyl (C=O) groups excluding carboxylic acids is 1. The first-order chi connectivity index (χ1) is 10.6. The van der Waals surface area contributed by atoms with E-state index in [1.807, 2.05) is 12.1 Å². The van der Waals surface area contributed by atoms with Crippen LogP contribution >= 0.6 is 11.6 Å². The van der Waals surface area contributed by atoms with Crippen molar-refractivity contribution in [2.24, 2.45) is 0 Å². The van der Waals surface area contributed by atoms with Gasteiger partial charge in [-0.25, -0.2) is 9.78 Å². The molecule has 2 aromatic carbocycles. The lowest BCUT2D eigenvalue weighted by Gasteiger charge is -2.05. The summed E-state index contributed by atoms with van der Waals surface area (Å²) >= 11 is 5.92. The lowest BCUT2D eigenvalue weighted by molar-refractivity contribution is 0.186. The maximum atomic E-state index is 11.2. The Hall–Kier alpha value is -2.73. The molecule has 1 aromatic heterocycles. The number of nitrogens with zero attached hydrogens (tertiary/aromatic N) is 1. The summed E-state index contributed by atoms with van der Waals surface area (Å²) in [7, 11) is 1.29. The smallest absolute Gasteiger partial charge is 0.413 e. The number of halogens is 1. The first-order valence-electron chi connectivity index (χ1n) is 6.42. The third-order valence-corrected chi connectivity index (χ3v) is 3.13. The van der Waals surface area contributed by atoms with Gasteiger partial charge in [-0.1, -0.05) is 17.7 Å². The molecule has 0 atom stereocenters. The predicted molar refractivity (Wildman–Crippen MR) is 83.6 cm³/mol. The number of carbonyl (C=O) groups is 1. The van der Waals surface area contributed by atoms with Crippen molar-refractivity contribution in [3.63, 3.8) is 0 Å². The molecule has 2 N–H and O–H groups in total. The zero-order valence-electron chi connectivity index (χ0n) is 11.6. The van der Waals surface area contributed by atoms with E-state index in [0.717, 1.165) is 5.52 Å². The molecule has 1 amide bonds. The van der Waals surface area contributed by atoms with Crippen LogP contribution < -0.4 is 10.1 Å². The number of ether oxygens (including phenoxy) is 2. The standard InChI is InChI=1S/C15H12ClN3O3/c1-21-15(20)19-14-17-12-6-5-11(8-13(12)18-14)22-10-4-2-3-9(16)7-10/h2-8H,1H3,(H2,17,18,19,20). The number of anilines is 1. The van der Waals surface area contributed by atoms with E-state index >= 15 is 0 Å². The lowest BCUT2D eigenvalue weighted by atomic mass is 10.3. The highest BCUT2D eigenvalue weighted by Crippen LogP contribution is 2.27. The molecule has 0 radical (unpaired) electrons. The molecular weight excluding hydrogens is 306 g/mol. The van der Waals surface area contributed by atoms with Gasteiger partial charge >= 0.3 is 6.09 Å². The normalized spacial score (nSPS) is 10.5. The molecule has 0 fully saturated rings. The second-order valence-electron chi connectivity index (χ2n) is 4.44. The number of methoxy groups -OCH3 is 1. The van der Waals surface area contributed by atoms with Gasteiger partial charge in [-0.3, -0.25) is 5.32 Å². The molecule has 22 heavy (non-hydrogen) atoms. The fraction of sp³-hybridized carbons (Fsp3) is 0.0667. The summed E-state index contributed by atoms with van der Waals surface area (Å²) in [5, 5.41) is 3.07. The summed E-state index contributed by atoms with van der Waals surface area (Å²) < 4.78 is 10.3. The Morgan fingerprint density at radius 2 is 2.05 bits per heavy atom. The highest BCUT2D eigenvalue weighted by molar-refractivity contribution is 6.30. The Morgan fingerprint density at radius 3 is 2.82 bits per heavy atom. The van der Waals surface area contributed by atoms with Crippen LogP contribution in [0.25, 0.3) is 11.0 Å². The van der Waals surface area contributed by atoms with Crippen molar-refractivity contribution in [3.8, 4) is 11.5 Å². The first kappa shape index (κ1) is 14.2. The number of hydrogen-bond donors (Lipinski definition) is 2. The van der Waals surface area contributed by atoms with Gasteiger partial charge in [0.15, 0.2) is 0 Å². The summed E-state index contributed by atoms with van der Waals surface area (Å²) in [4.78, 5) is 18.4. The largest absolute Gasteiger partial charge is 0.457 e. The maximum Gasteiger partial charge on any atom is 0.413 e. The number of aromatic amines is 1. The van der Waals surface area contributed by atoms with E-state index in [-0.39, 0.29) is 0 Å². The van der Waals surface area contributed by atoms with Crippen LogP contribution in [-0.2, 0) is 4.74 Å². The number of benzene rings is 2. The van der Waals surface area contributed by atoms with Crippen LogP contribution in [0.15, 0.2) is 42.5 Å². The topological polar surface area (TPSA) is 76.2 Å². The maximum absolute atomic E-state index is 11.2. The molecular formula is C15H12ClN3O3. The third-order valence-electron chi connectivity index (χ3n) is 2.89.